The van der Waals surface area contributed by atoms with E-state index in [2.05, 4.69) is 10.3 Å². The van der Waals surface area contributed by atoms with Gasteiger partial charge in [0.05, 0.1) is 17.1 Å². The lowest BCUT2D eigenvalue weighted by atomic mass is 10.1. The maximum atomic E-state index is 13.5. The van der Waals surface area contributed by atoms with Crippen molar-refractivity contribution in [1.29, 1.82) is 0 Å². The van der Waals surface area contributed by atoms with Crippen molar-refractivity contribution in [2.45, 2.75) is 19.4 Å². The number of nitrogens with two attached hydrogens (primary N) is 1. The number of fused-ring (bicyclic) bond motifs is 1. The highest BCUT2D eigenvalue weighted by molar-refractivity contribution is 7.98. The first-order valence-corrected chi connectivity index (χ1v) is 10.1. The number of nitrogens with one attached hydrogen (secondary N) is 1. The van der Waals surface area contributed by atoms with Crippen LogP contribution in [0.25, 0.3) is 22.4 Å². The number of benzene rings is 2. The number of hydrogen-bond donors (Lipinski definition) is 2. The fourth-order valence-corrected chi connectivity index (χ4v) is 3.47. The normalized spacial score (nSPS) is 11.5. The Balaban J connectivity index is 0.00000210. The fourth-order valence-electron chi connectivity index (χ4n) is 2.98. The van der Waals surface area contributed by atoms with E-state index in [4.69, 9.17) is 5.73 Å². The van der Waals surface area contributed by atoms with Crippen molar-refractivity contribution in [3.63, 3.8) is 0 Å². The Morgan fingerprint density at radius 3 is 2.66 bits per heavy atom. The van der Waals surface area contributed by atoms with Crippen molar-refractivity contribution in [3.8, 4) is 11.4 Å². The summed E-state index contributed by atoms with van der Waals surface area (Å²) in [6.45, 7) is 1.93. The van der Waals surface area contributed by atoms with Crippen LogP contribution in [0.15, 0.2) is 36.4 Å². The van der Waals surface area contributed by atoms with Crippen LogP contribution in [0.1, 0.15) is 12.0 Å². The summed E-state index contributed by atoms with van der Waals surface area (Å²) in [5.41, 5.74) is 9.95. The van der Waals surface area contributed by atoms with E-state index in [0.29, 0.717) is 11.9 Å². The molecule has 1 amide bonds. The first-order chi connectivity index (χ1) is 12.9. The number of imidazole rings is 1. The van der Waals surface area contributed by atoms with Crippen molar-refractivity contribution in [1.82, 2.24) is 9.55 Å². The highest BCUT2D eigenvalue weighted by Crippen LogP contribution is 2.27. The molecular weight excluding hydrogens is 434 g/mol. The van der Waals surface area contributed by atoms with E-state index in [0.717, 1.165) is 33.9 Å². The van der Waals surface area contributed by atoms with Crippen LogP contribution in [-0.4, -0.2) is 33.5 Å². The predicted molar refractivity (Wildman–Crippen MR) is 125 cm³/mol. The number of amides is 1. The number of nitrogens with zero attached hydrogens (tertiary/aromatic N) is 2. The second-order valence-corrected chi connectivity index (χ2v) is 7.52. The zero-order valence-corrected chi connectivity index (χ0v) is 18.9. The van der Waals surface area contributed by atoms with E-state index in [1.807, 2.05) is 43.0 Å². The van der Waals surface area contributed by atoms with E-state index in [1.54, 1.807) is 17.8 Å². The van der Waals surface area contributed by atoms with Crippen molar-refractivity contribution < 1.29 is 9.18 Å². The molecule has 5 nitrogen and oxygen atoms in total. The molecule has 158 valence electrons. The monoisotopic (exact) mass is 458 g/mol. The number of rotatable bonds is 6. The van der Waals surface area contributed by atoms with Crippen molar-refractivity contribution in [3.05, 3.63) is 47.8 Å². The molecule has 0 aliphatic rings. The van der Waals surface area contributed by atoms with Gasteiger partial charge in [-0.15, -0.1) is 24.8 Å². The van der Waals surface area contributed by atoms with E-state index >= 15 is 0 Å². The Labute approximate surface area is 186 Å². The number of halogens is 3. The summed E-state index contributed by atoms with van der Waals surface area (Å²) in [5, 5.41) is 2.90. The van der Waals surface area contributed by atoms with Crippen LogP contribution in [0, 0.1) is 12.7 Å². The smallest absolute Gasteiger partial charge is 0.241 e. The molecule has 0 aliphatic heterocycles. The molecule has 0 saturated carbocycles. The minimum absolute atomic E-state index is 0. The Hall–Kier alpha value is -1.80. The lowest BCUT2D eigenvalue weighted by Gasteiger charge is -2.14. The first kappa shape index (κ1) is 25.2. The number of aryl methyl sites for hydroxylation is 2. The number of anilines is 1. The molecule has 29 heavy (non-hydrogen) atoms. The van der Waals surface area contributed by atoms with E-state index in [1.165, 1.54) is 12.1 Å². The van der Waals surface area contributed by atoms with Crippen molar-refractivity contribution in [2.75, 3.05) is 17.3 Å². The molecule has 2 aromatic carbocycles. The van der Waals surface area contributed by atoms with Crippen LogP contribution in [0.4, 0.5) is 10.1 Å². The van der Waals surface area contributed by atoms with Crippen LogP contribution in [-0.2, 0) is 11.8 Å². The largest absolute Gasteiger partial charge is 0.327 e. The van der Waals surface area contributed by atoms with Crippen LogP contribution >= 0.6 is 36.6 Å². The number of aromatic nitrogens is 2. The average Bonchev–Trinajstić information content (AvgIpc) is 2.97. The Morgan fingerprint density at radius 2 is 2.00 bits per heavy atom. The zero-order valence-electron chi connectivity index (χ0n) is 16.4. The highest BCUT2D eigenvalue weighted by Gasteiger charge is 2.15. The van der Waals surface area contributed by atoms with Gasteiger partial charge in [0.15, 0.2) is 0 Å². The Kier molecular flexibility index (Phi) is 9.42. The molecule has 1 aromatic heterocycles. The minimum Gasteiger partial charge on any atom is -0.327 e. The van der Waals surface area contributed by atoms with Gasteiger partial charge < -0.3 is 15.6 Å². The van der Waals surface area contributed by atoms with Gasteiger partial charge in [-0.1, -0.05) is 0 Å². The molecule has 3 N–H and O–H groups in total. The summed E-state index contributed by atoms with van der Waals surface area (Å²) in [4.78, 5) is 16.8. The Morgan fingerprint density at radius 1 is 1.28 bits per heavy atom. The number of thioether (sulfide) groups is 1. The van der Waals surface area contributed by atoms with Gasteiger partial charge in [0.25, 0.3) is 0 Å². The van der Waals surface area contributed by atoms with Crippen LogP contribution in [0.2, 0.25) is 0 Å². The molecule has 0 radical (unpaired) electrons. The van der Waals surface area contributed by atoms with Gasteiger partial charge in [0, 0.05) is 24.4 Å². The van der Waals surface area contributed by atoms with Gasteiger partial charge in [-0.05, 0) is 61.2 Å². The van der Waals surface area contributed by atoms with Gasteiger partial charge in [-0.25, -0.2) is 9.37 Å². The fraction of sp³-hybridized carbons (Fsp3) is 0.300. The standard InChI is InChI=1S/C20H23FN4OS.2ClH/c1-12-10-13(4-6-16(12)24-20(26)15(22)8-9-27-3)19-23-17-11-14(21)5-7-18(17)25(19)2;;/h4-7,10-11,15H,8-9,22H2,1-3H3,(H,24,26);2*1H/t15-;;/m0../s1. The van der Waals surface area contributed by atoms with Crippen molar-refractivity contribution >= 4 is 59.2 Å². The minimum atomic E-state index is -0.522. The molecule has 0 bridgehead atoms. The second kappa shape index (κ2) is 10.8. The molecule has 0 fully saturated rings. The van der Waals surface area contributed by atoms with Crippen LogP contribution in [0.3, 0.4) is 0 Å². The summed E-state index contributed by atoms with van der Waals surface area (Å²) in [7, 11) is 1.90. The molecule has 0 aliphatic carbocycles. The molecule has 9 heteroatoms. The zero-order chi connectivity index (χ0) is 19.6. The van der Waals surface area contributed by atoms with Crippen LogP contribution in [0.5, 0.6) is 0 Å². The van der Waals surface area contributed by atoms with Gasteiger partial charge >= 0.3 is 0 Å². The third kappa shape index (κ3) is 5.63. The summed E-state index contributed by atoms with van der Waals surface area (Å²) < 4.78 is 15.4. The maximum absolute atomic E-state index is 13.5. The second-order valence-electron chi connectivity index (χ2n) is 6.53. The molecule has 0 saturated heterocycles. The molecule has 3 rings (SSSR count). The lowest BCUT2D eigenvalue weighted by Crippen LogP contribution is -2.36. The molecule has 0 spiro atoms. The predicted octanol–water partition coefficient (Wildman–Crippen LogP) is 4.55. The molecule has 1 heterocycles. The third-order valence-corrected chi connectivity index (χ3v) is 5.20. The maximum Gasteiger partial charge on any atom is 0.241 e. The van der Waals surface area contributed by atoms with Gasteiger partial charge in [-0.2, -0.15) is 11.8 Å². The topological polar surface area (TPSA) is 72.9 Å². The molecule has 0 unspecified atom stereocenters. The third-order valence-electron chi connectivity index (χ3n) is 4.56. The summed E-state index contributed by atoms with van der Waals surface area (Å²) >= 11 is 1.67. The van der Waals surface area contributed by atoms with Gasteiger partial charge in [0.1, 0.15) is 11.6 Å². The quantitative estimate of drug-likeness (QED) is 0.567. The number of carbonyl (C=O) groups excluding carboxylic acids is 1. The Bertz CT molecular complexity index is 996. The van der Waals surface area contributed by atoms with Gasteiger partial charge in [0.2, 0.25) is 5.91 Å². The van der Waals surface area contributed by atoms with Crippen LogP contribution < -0.4 is 11.1 Å². The average molecular weight is 459 g/mol. The van der Waals surface area contributed by atoms with Crippen molar-refractivity contribution in [2.24, 2.45) is 12.8 Å². The number of carbonyl (C=O) groups is 1. The van der Waals surface area contributed by atoms with Gasteiger partial charge in [-0.3, -0.25) is 4.79 Å². The summed E-state index contributed by atoms with van der Waals surface area (Å²) in [6, 6.07) is 9.76. The number of hydrogen-bond acceptors (Lipinski definition) is 4. The first-order valence-electron chi connectivity index (χ1n) is 8.69. The van der Waals surface area contributed by atoms with E-state index in [9.17, 15) is 9.18 Å². The summed E-state index contributed by atoms with van der Waals surface area (Å²) in [6.07, 6.45) is 2.63. The SMILES string of the molecule is CSCC[C@H](N)C(=O)Nc1ccc(-c2nc3cc(F)ccc3n2C)cc1C.Cl.Cl. The lowest BCUT2D eigenvalue weighted by molar-refractivity contribution is -0.117. The van der Waals surface area contributed by atoms with E-state index < -0.39 is 6.04 Å². The highest BCUT2D eigenvalue weighted by atomic mass is 35.5. The molecular formula is C20H25Cl2FN4OS. The summed E-state index contributed by atoms with van der Waals surface area (Å²) in [5.74, 6) is 1.10. The molecule has 3 aromatic rings. The molecule has 1 atom stereocenters. The van der Waals surface area contributed by atoms with E-state index in [-0.39, 0.29) is 36.5 Å².